The van der Waals surface area contributed by atoms with Crippen molar-refractivity contribution in [3.8, 4) is 0 Å². The summed E-state index contributed by atoms with van der Waals surface area (Å²) in [5, 5.41) is 0. The molecule has 0 fully saturated rings. The van der Waals surface area contributed by atoms with Crippen LogP contribution in [0.15, 0.2) is 4.47 Å². The van der Waals surface area contributed by atoms with Crippen LogP contribution in [0, 0.1) is 4.64 Å². The molecule has 1 aromatic rings. The van der Waals surface area contributed by atoms with E-state index in [1.165, 1.54) is 12.1 Å². The zero-order chi connectivity index (χ0) is 11.3. The molecule has 1 aromatic heterocycles. The molecule has 1 N–H and O–H groups in total. The molecule has 0 aliphatic heterocycles. The minimum absolute atomic E-state index is 0.684. The SMILES string of the molecule is CCCCc1nc(=S)c(Br)c(CCC)[nH]1. The monoisotopic (exact) mass is 288 g/mol. The molecule has 84 valence electrons. The van der Waals surface area contributed by atoms with Crippen LogP contribution < -0.4 is 0 Å². The van der Waals surface area contributed by atoms with Crippen molar-refractivity contribution >= 4 is 28.1 Å². The van der Waals surface area contributed by atoms with Crippen molar-refractivity contribution in [2.75, 3.05) is 0 Å². The predicted molar refractivity (Wildman–Crippen MR) is 69.7 cm³/mol. The van der Waals surface area contributed by atoms with Gasteiger partial charge in [0.1, 0.15) is 10.5 Å². The molecule has 0 aliphatic rings. The molecule has 0 saturated heterocycles. The highest BCUT2D eigenvalue weighted by Gasteiger charge is 2.05. The Morgan fingerprint density at radius 3 is 2.60 bits per heavy atom. The van der Waals surface area contributed by atoms with E-state index in [-0.39, 0.29) is 0 Å². The van der Waals surface area contributed by atoms with Gasteiger partial charge in [-0.25, -0.2) is 4.98 Å². The van der Waals surface area contributed by atoms with Crippen molar-refractivity contribution in [1.29, 1.82) is 0 Å². The van der Waals surface area contributed by atoms with E-state index in [9.17, 15) is 0 Å². The van der Waals surface area contributed by atoms with Gasteiger partial charge in [0.05, 0.1) is 4.47 Å². The molecule has 0 spiro atoms. The van der Waals surface area contributed by atoms with E-state index in [0.717, 1.165) is 36.0 Å². The number of rotatable bonds is 5. The molecule has 0 saturated carbocycles. The van der Waals surface area contributed by atoms with Gasteiger partial charge >= 0.3 is 0 Å². The number of hydrogen-bond donors (Lipinski definition) is 1. The number of aromatic amines is 1. The molecule has 2 nitrogen and oxygen atoms in total. The van der Waals surface area contributed by atoms with Gasteiger partial charge in [-0.15, -0.1) is 0 Å². The highest BCUT2D eigenvalue weighted by atomic mass is 79.9. The molecule has 0 bridgehead atoms. The summed E-state index contributed by atoms with van der Waals surface area (Å²) in [6.07, 6.45) is 5.46. The third kappa shape index (κ3) is 3.68. The standard InChI is InChI=1S/C11H17BrN2S/c1-3-5-7-9-13-8(6-4-2)10(12)11(15)14-9/h3-7H2,1-2H3,(H,13,14,15). The van der Waals surface area contributed by atoms with E-state index in [1.54, 1.807) is 0 Å². The number of nitrogens with zero attached hydrogens (tertiary/aromatic N) is 1. The van der Waals surface area contributed by atoms with E-state index >= 15 is 0 Å². The Morgan fingerprint density at radius 1 is 1.27 bits per heavy atom. The Kier molecular flexibility index (Phi) is 5.47. The minimum Gasteiger partial charge on any atom is -0.346 e. The quantitative estimate of drug-likeness (QED) is 0.823. The van der Waals surface area contributed by atoms with Crippen molar-refractivity contribution in [3.05, 3.63) is 20.6 Å². The van der Waals surface area contributed by atoms with Crippen LogP contribution in [0.4, 0.5) is 0 Å². The molecule has 0 aliphatic carbocycles. The molecule has 0 atom stereocenters. The van der Waals surface area contributed by atoms with Gasteiger partial charge in [0.15, 0.2) is 0 Å². The fraction of sp³-hybridized carbons (Fsp3) is 0.636. The second-order valence-corrected chi connectivity index (χ2v) is 4.81. The lowest BCUT2D eigenvalue weighted by Crippen LogP contribution is -2.01. The van der Waals surface area contributed by atoms with Crippen LogP contribution in [0.1, 0.15) is 44.6 Å². The number of unbranched alkanes of at least 4 members (excludes halogenated alkanes) is 1. The lowest BCUT2D eigenvalue weighted by atomic mass is 10.2. The third-order valence-corrected chi connectivity index (χ3v) is 3.66. The summed E-state index contributed by atoms with van der Waals surface area (Å²) < 4.78 is 1.64. The first-order valence-corrected chi connectivity index (χ1v) is 6.66. The van der Waals surface area contributed by atoms with Gasteiger partial charge in [-0.1, -0.05) is 38.9 Å². The summed E-state index contributed by atoms with van der Waals surface area (Å²) >= 11 is 8.70. The lowest BCUT2D eigenvalue weighted by molar-refractivity contribution is 0.733. The maximum atomic E-state index is 5.21. The highest BCUT2D eigenvalue weighted by molar-refractivity contribution is 9.10. The molecule has 4 heteroatoms. The highest BCUT2D eigenvalue weighted by Crippen LogP contribution is 2.17. The summed E-state index contributed by atoms with van der Waals surface area (Å²) in [5.41, 5.74) is 1.18. The second kappa shape index (κ2) is 6.38. The number of hydrogen-bond acceptors (Lipinski definition) is 2. The van der Waals surface area contributed by atoms with Crippen molar-refractivity contribution in [2.45, 2.75) is 46.0 Å². The van der Waals surface area contributed by atoms with E-state index in [2.05, 4.69) is 39.7 Å². The van der Waals surface area contributed by atoms with E-state index in [1.807, 2.05) is 0 Å². The molecule has 0 aromatic carbocycles. The fourth-order valence-electron chi connectivity index (χ4n) is 1.44. The van der Waals surface area contributed by atoms with Crippen molar-refractivity contribution in [2.24, 2.45) is 0 Å². The maximum absolute atomic E-state index is 5.21. The van der Waals surface area contributed by atoms with Crippen LogP contribution in [-0.4, -0.2) is 9.97 Å². The van der Waals surface area contributed by atoms with Crippen LogP contribution >= 0.6 is 28.1 Å². The summed E-state index contributed by atoms with van der Waals surface area (Å²) in [4.78, 5) is 7.73. The summed E-state index contributed by atoms with van der Waals surface area (Å²) in [7, 11) is 0. The number of halogens is 1. The van der Waals surface area contributed by atoms with Crippen molar-refractivity contribution in [3.63, 3.8) is 0 Å². The number of H-pyrrole nitrogens is 1. The Labute approximate surface area is 105 Å². The third-order valence-electron chi connectivity index (χ3n) is 2.25. The predicted octanol–water partition coefficient (Wildman–Crippen LogP) is 4.20. The van der Waals surface area contributed by atoms with Gasteiger partial charge in [-0.3, -0.25) is 0 Å². The first kappa shape index (κ1) is 12.8. The smallest absolute Gasteiger partial charge is 0.144 e. The first-order chi connectivity index (χ1) is 7.19. The van der Waals surface area contributed by atoms with E-state index in [4.69, 9.17) is 12.2 Å². The minimum atomic E-state index is 0.684. The zero-order valence-electron chi connectivity index (χ0n) is 9.27. The molecule has 0 unspecified atom stereocenters. The van der Waals surface area contributed by atoms with Crippen LogP contribution in [0.25, 0.3) is 0 Å². The molecule has 1 rings (SSSR count). The summed E-state index contributed by atoms with van der Waals surface area (Å²) in [5.74, 6) is 1.02. The fourth-order valence-corrected chi connectivity index (χ4v) is 2.06. The normalized spacial score (nSPS) is 10.6. The summed E-state index contributed by atoms with van der Waals surface area (Å²) in [6.45, 7) is 4.34. The average molecular weight is 289 g/mol. The van der Waals surface area contributed by atoms with Crippen molar-refractivity contribution < 1.29 is 0 Å². The van der Waals surface area contributed by atoms with Gasteiger partial charge in [0, 0.05) is 12.1 Å². The van der Waals surface area contributed by atoms with Gasteiger partial charge in [-0.2, -0.15) is 0 Å². The number of aromatic nitrogens is 2. The van der Waals surface area contributed by atoms with Crippen LogP contribution in [-0.2, 0) is 12.8 Å². The van der Waals surface area contributed by atoms with Gasteiger partial charge in [0.25, 0.3) is 0 Å². The van der Waals surface area contributed by atoms with Crippen LogP contribution in [0.3, 0.4) is 0 Å². The van der Waals surface area contributed by atoms with E-state index in [0.29, 0.717) is 4.64 Å². The molecule has 15 heavy (non-hydrogen) atoms. The Bertz CT molecular complexity index is 373. The summed E-state index contributed by atoms with van der Waals surface area (Å²) in [6, 6.07) is 0. The largest absolute Gasteiger partial charge is 0.346 e. The number of aryl methyl sites for hydroxylation is 2. The molecule has 1 heterocycles. The molecule has 0 radical (unpaired) electrons. The van der Waals surface area contributed by atoms with Crippen LogP contribution in [0.2, 0.25) is 0 Å². The Morgan fingerprint density at radius 2 is 2.00 bits per heavy atom. The first-order valence-electron chi connectivity index (χ1n) is 5.46. The van der Waals surface area contributed by atoms with Crippen LogP contribution in [0.5, 0.6) is 0 Å². The average Bonchev–Trinajstić information content (AvgIpc) is 2.22. The van der Waals surface area contributed by atoms with Crippen molar-refractivity contribution in [1.82, 2.24) is 9.97 Å². The molecular weight excluding hydrogens is 272 g/mol. The number of nitrogens with one attached hydrogen (secondary N) is 1. The Hall–Kier alpha value is -0.220. The topological polar surface area (TPSA) is 28.7 Å². The zero-order valence-corrected chi connectivity index (χ0v) is 11.7. The van der Waals surface area contributed by atoms with Gasteiger partial charge in [0.2, 0.25) is 0 Å². The second-order valence-electron chi connectivity index (χ2n) is 3.63. The maximum Gasteiger partial charge on any atom is 0.144 e. The molecular formula is C11H17BrN2S. The van der Waals surface area contributed by atoms with E-state index < -0.39 is 0 Å². The van der Waals surface area contributed by atoms with Gasteiger partial charge in [-0.05, 0) is 28.8 Å². The van der Waals surface area contributed by atoms with Gasteiger partial charge < -0.3 is 4.98 Å². The Balaban J connectivity index is 2.95. The molecule has 0 amide bonds. The lowest BCUT2D eigenvalue weighted by Gasteiger charge is -2.07.